The first-order chi connectivity index (χ1) is 13.7. The van der Waals surface area contributed by atoms with Crippen LogP contribution in [0.25, 0.3) is 16.8 Å². The molecule has 3 aromatic heterocycles. The van der Waals surface area contributed by atoms with Crippen molar-refractivity contribution in [3.63, 3.8) is 0 Å². The van der Waals surface area contributed by atoms with E-state index in [0.717, 1.165) is 29.6 Å². The summed E-state index contributed by atoms with van der Waals surface area (Å²) in [6, 6.07) is 1.97. The van der Waals surface area contributed by atoms with E-state index >= 15 is 0 Å². The average molecular weight is 398 g/mol. The molecule has 4 rings (SSSR count). The molecule has 9 heteroatoms. The Kier molecular flexibility index (Phi) is 4.68. The van der Waals surface area contributed by atoms with Gasteiger partial charge >= 0.3 is 6.09 Å². The van der Waals surface area contributed by atoms with Crippen molar-refractivity contribution < 1.29 is 14.3 Å². The first kappa shape index (κ1) is 19.2. The van der Waals surface area contributed by atoms with Crippen molar-refractivity contribution in [3.05, 3.63) is 30.9 Å². The number of aromatic nitrogens is 5. The van der Waals surface area contributed by atoms with Gasteiger partial charge in [-0.3, -0.25) is 4.68 Å². The average Bonchev–Trinajstić information content (AvgIpc) is 3.24. The van der Waals surface area contributed by atoms with Gasteiger partial charge in [-0.2, -0.15) is 10.2 Å². The Morgan fingerprint density at radius 1 is 1.24 bits per heavy atom. The number of fused-ring (bicyclic) bond motifs is 1. The van der Waals surface area contributed by atoms with Crippen LogP contribution in [0.2, 0.25) is 0 Å². The number of amides is 1. The Hall–Kier alpha value is -3.10. The van der Waals surface area contributed by atoms with Gasteiger partial charge in [0, 0.05) is 44.7 Å². The molecule has 3 heterocycles. The summed E-state index contributed by atoms with van der Waals surface area (Å²) in [6.07, 6.45) is 8.38. The van der Waals surface area contributed by atoms with Crippen LogP contribution in [0.5, 0.6) is 5.88 Å². The van der Waals surface area contributed by atoms with Gasteiger partial charge < -0.3 is 14.4 Å². The van der Waals surface area contributed by atoms with Gasteiger partial charge in [-0.15, -0.1) is 0 Å². The predicted octanol–water partition coefficient (Wildman–Crippen LogP) is 2.91. The lowest BCUT2D eigenvalue weighted by molar-refractivity contribution is -0.00936. The lowest BCUT2D eigenvalue weighted by Gasteiger charge is -2.40. The van der Waals surface area contributed by atoms with Crippen molar-refractivity contribution in [2.75, 3.05) is 7.05 Å². The first-order valence-corrected chi connectivity index (χ1v) is 9.65. The number of carbonyl (C=O) groups excluding carboxylic acids is 1. The molecule has 0 aromatic carbocycles. The Bertz CT molecular complexity index is 1030. The summed E-state index contributed by atoms with van der Waals surface area (Å²) in [4.78, 5) is 18.6. The summed E-state index contributed by atoms with van der Waals surface area (Å²) in [5.74, 6) is 0.534. The molecule has 0 saturated heterocycles. The maximum atomic E-state index is 12.2. The third-order valence-electron chi connectivity index (χ3n) is 4.93. The standard InChI is InChI=1S/C20H26N6O3/c1-20(2,3)29-19(27)25(5)14-8-15(9-14)28-18-17-6-7-21-26(17)12-16(23-18)13-10-22-24(4)11-13/h6-7,10-12,14-15H,8-9H2,1-5H3. The van der Waals surface area contributed by atoms with Crippen LogP contribution in [0.4, 0.5) is 4.79 Å². The zero-order chi connectivity index (χ0) is 20.8. The highest BCUT2D eigenvalue weighted by molar-refractivity contribution is 5.68. The highest BCUT2D eigenvalue weighted by Gasteiger charge is 2.37. The van der Waals surface area contributed by atoms with E-state index in [1.807, 2.05) is 46.3 Å². The minimum absolute atomic E-state index is 0.0137. The van der Waals surface area contributed by atoms with Gasteiger partial charge in [-0.25, -0.2) is 14.3 Å². The van der Waals surface area contributed by atoms with E-state index < -0.39 is 5.60 Å². The van der Waals surface area contributed by atoms with E-state index in [1.54, 1.807) is 33.5 Å². The maximum Gasteiger partial charge on any atom is 0.410 e. The molecule has 1 fully saturated rings. The van der Waals surface area contributed by atoms with Crippen molar-refractivity contribution in [2.24, 2.45) is 7.05 Å². The van der Waals surface area contributed by atoms with Crippen LogP contribution in [0.3, 0.4) is 0 Å². The number of hydrogen-bond donors (Lipinski definition) is 0. The van der Waals surface area contributed by atoms with Crippen LogP contribution < -0.4 is 4.74 Å². The fourth-order valence-electron chi connectivity index (χ4n) is 3.27. The molecule has 0 atom stereocenters. The molecular weight excluding hydrogens is 372 g/mol. The first-order valence-electron chi connectivity index (χ1n) is 9.65. The summed E-state index contributed by atoms with van der Waals surface area (Å²) in [6.45, 7) is 5.59. The number of hydrogen-bond acceptors (Lipinski definition) is 6. The van der Waals surface area contributed by atoms with Crippen LogP contribution >= 0.6 is 0 Å². The van der Waals surface area contributed by atoms with Crippen molar-refractivity contribution >= 4 is 11.6 Å². The Morgan fingerprint density at radius 3 is 2.66 bits per heavy atom. The SMILES string of the molecule is CN(C(=O)OC(C)(C)C)C1CC(Oc2nc(-c3cnn(C)c3)cn3nccc23)C1. The second kappa shape index (κ2) is 7.06. The van der Waals surface area contributed by atoms with Crippen LogP contribution in [-0.4, -0.2) is 60.2 Å². The molecule has 0 N–H and O–H groups in total. The van der Waals surface area contributed by atoms with Crippen LogP contribution in [0.15, 0.2) is 30.9 Å². The number of ether oxygens (including phenoxy) is 2. The Balaban J connectivity index is 1.46. The van der Waals surface area contributed by atoms with Crippen molar-refractivity contribution in [1.29, 1.82) is 0 Å². The summed E-state index contributed by atoms with van der Waals surface area (Å²) in [5.41, 5.74) is 1.94. The zero-order valence-corrected chi connectivity index (χ0v) is 17.4. The molecule has 1 aliphatic rings. The molecule has 0 unspecified atom stereocenters. The molecule has 3 aromatic rings. The minimum Gasteiger partial charge on any atom is -0.473 e. The molecule has 0 aliphatic heterocycles. The van der Waals surface area contributed by atoms with E-state index in [2.05, 4.69) is 10.2 Å². The number of carbonyl (C=O) groups is 1. The predicted molar refractivity (Wildman–Crippen MR) is 107 cm³/mol. The van der Waals surface area contributed by atoms with Crippen molar-refractivity contribution in [2.45, 2.75) is 51.4 Å². The van der Waals surface area contributed by atoms with Gasteiger partial charge in [0.25, 0.3) is 0 Å². The lowest BCUT2D eigenvalue weighted by Crippen LogP contribution is -2.51. The third kappa shape index (κ3) is 4.03. The molecule has 1 aliphatic carbocycles. The molecule has 1 saturated carbocycles. The zero-order valence-electron chi connectivity index (χ0n) is 17.4. The van der Waals surface area contributed by atoms with Gasteiger partial charge in [0.15, 0.2) is 0 Å². The quantitative estimate of drug-likeness (QED) is 0.672. The van der Waals surface area contributed by atoms with E-state index in [9.17, 15) is 4.79 Å². The van der Waals surface area contributed by atoms with Gasteiger partial charge in [-0.05, 0) is 26.8 Å². The lowest BCUT2D eigenvalue weighted by atomic mass is 9.88. The molecular formula is C20H26N6O3. The number of aryl methyl sites for hydroxylation is 1. The molecule has 0 bridgehead atoms. The largest absolute Gasteiger partial charge is 0.473 e. The Morgan fingerprint density at radius 2 is 2.00 bits per heavy atom. The molecule has 9 nitrogen and oxygen atoms in total. The smallest absolute Gasteiger partial charge is 0.410 e. The topological polar surface area (TPSA) is 86.8 Å². The molecule has 0 radical (unpaired) electrons. The Labute approximate surface area is 169 Å². The number of rotatable bonds is 4. The second-order valence-electron chi connectivity index (χ2n) is 8.45. The van der Waals surface area contributed by atoms with Crippen molar-refractivity contribution in [3.8, 4) is 17.1 Å². The molecule has 29 heavy (non-hydrogen) atoms. The van der Waals surface area contributed by atoms with E-state index in [0.29, 0.717) is 5.88 Å². The summed E-state index contributed by atoms with van der Waals surface area (Å²) in [5, 5.41) is 8.53. The number of nitrogens with zero attached hydrogens (tertiary/aromatic N) is 6. The van der Waals surface area contributed by atoms with Gasteiger partial charge in [-0.1, -0.05) is 0 Å². The van der Waals surface area contributed by atoms with Gasteiger partial charge in [0.2, 0.25) is 5.88 Å². The van der Waals surface area contributed by atoms with Crippen molar-refractivity contribution in [1.82, 2.24) is 29.3 Å². The third-order valence-corrected chi connectivity index (χ3v) is 4.93. The minimum atomic E-state index is -0.505. The van der Waals surface area contributed by atoms with Crippen LogP contribution in [0.1, 0.15) is 33.6 Å². The maximum absolute atomic E-state index is 12.2. The molecule has 0 spiro atoms. The van der Waals surface area contributed by atoms with Gasteiger partial charge in [0.1, 0.15) is 17.2 Å². The fraction of sp³-hybridized carbons (Fsp3) is 0.500. The summed E-state index contributed by atoms with van der Waals surface area (Å²) < 4.78 is 15.1. The van der Waals surface area contributed by atoms with E-state index in [4.69, 9.17) is 14.5 Å². The summed E-state index contributed by atoms with van der Waals surface area (Å²) in [7, 11) is 3.63. The van der Waals surface area contributed by atoms with E-state index in [1.165, 1.54) is 0 Å². The van der Waals surface area contributed by atoms with Crippen LogP contribution in [0, 0.1) is 0 Å². The molecule has 154 valence electrons. The summed E-state index contributed by atoms with van der Waals surface area (Å²) >= 11 is 0. The fourth-order valence-corrected chi connectivity index (χ4v) is 3.27. The monoisotopic (exact) mass is 398 g/mol. The van der Waals surface area contributed by atoms with E-state index in [-0.39, 0.29) is 18.2 Å². The molecule has 1 amide bonds. The normalized spacial score (nSPS) is 19.1. The highest BCUT2D eigenvalue weighted by atomic mass is 16.6. The highest BCUT2D eigenvalue weighted by Crippen LogP contribution is 2.32. The second-order valence-corrected chi connectivity index (χ2v) is 8.45. The van der Waals surface area contributed by atoms with Gasteiger partial charge in [0.05, 0.1) is 24.3 Å². The van der Waals surface area contributed by atoms with Crippen LogP contribution in [-0.2, 0) is 11.8 Å².